The Balaban J connectivity index is 1.33. The van der Waals surface area contributed by atoms with Crippen molar-refractivity contribution in [2.75, 3.05) is 0 Å². The molecule has 1 aromatic heterocycles. The van der Waals surface area contributed by atoms with Crippen LogP contribution in [0.4, 0.5) is 0 Å². The van der Waals surface area contributed by atoms with Crippen molar-refractivity contribution in [3.63, 3.8) is 0 Å². The van der Waals surface area contributed by atoms with Crippen LogP contribution in [0.5, 0.6) is 5.75 Å². The molecule has 2 unspecified atom stereocenters. The van der Waals surface area contributed by atoms with Gasteiger partial charge in [0.25, 0.3) is 6.23 Å². The Labute approximate surface area is 181 Å². The molecule has 2 aliphatic rings. The SMILES string of the molecule is O=C(O)C1ON1Cc1ccc(OCc2ccc3ccccc3n2)cc1C1CCCCC1. The molecule has 0 spiro atoms. The van der Waals surface area contributed by atoms with E-state index in [1.807, 2.05) is 36.4 Å². The molecule has 160 valence electrons. The van der Waals surface area contributed by atoms with Gasteiger partial charge in [-0.3, -0.25) is 4.84 Å². The largest absolute Gasteiger partial charge is 0.487 e. The normalized spacial score (nSPS) is 21.2. The highest BCUT2D eigenvalue weighted by molar-refractivity contribution is 5.78. The first-order valence-electron chi connectivity index (χ1n) is 10.9. The molecule has 1 aliphatic carbocycles. The van der Waals surface area contributed by atoms with Crippen molar-refractivity contribution in [2.24, 2.45) is 0 Å². The van der Waals surface area contributed by atoms with E-state index in [2.05, 4.69) is 23.2 Å². The van der Waals surface area contributed by atoms with Gasteiger partial charge in [0.1, 0.15) is 12.4 Å². The minimum absolute atomic E-state index is 0.407. The van der Waals surface area contributed by atoms with Gasteiger partial charge in [0.15, 0.2) is 0 Å². The second-order valence-electron chi connectivity index (χ2n) is 8.35. The van der Waals surface area contributed by atoms with Crippen LogP contribution in [0.15, 0.2) is 54.6 Å². The number of pyridine rings is 1. The quantitative estimate of drug-likeness (QED) is 0.543. The van der Waals surface area contributed by atoms with Gasteiger partial charge in [-0.15, -0.1) is 5.06 Å². The fourth-order valence-corrected chi connectivity index (χ4v) is 4.50. The summed E-state index contributed by atoms with van der Waals surface area (Å²) in [5, 5.41) is 11.8. The topological polar surface area (TPSA) is 75.0 Å². The minimum Gasteiger partial charge on any atom is -0.487 e. The van der Waals surface area contributed by atoms with Crippen molar-refractivity contribution in [3.8, 4) is 5.75 Å². The summed E-state index contributed by atoms with van der Waals surface area (Å²) < 4.78 is 6.11. The fourth-order valence-electron chi connectivity index (χ4n) is 4.50. The summed E-state index contributed by atoms with van der Waals surface area (Å²) in [6, 6.07) is 18.3. The molecule has 2 aromatic carbocycles. The molecule has 2 atom stereocenters. The number of carbonyl (C=O) groups is 1. The van der Waals surface area contributed by atoms with Gasteiger partial charge in [0.05, 0.1) is 17.8 Å². The average Bonchev–Trinajstić information content (AvgIpc) is 3.58. The number of aliphatic carboxylic acids is 1. The van der Waals surface area contributed by atoms with Crippen LogP contribution in [0.2, 0.25) is 0 Å². The number of hydroxylamine groups is 2. The van der Waals surface area contributed by atoms with E-state index >= 15 is 0 Å². The minimum atomic E-state index is -0.943. The lowest BCUT2D eigenvalue weighted by Gasteiger charge is -2.25. The Kier molecular flexibility index (Phi) is 5.57. The predicted octanol–water partition coefficient (Wildman–Crippen LogP) is 5.02. The van der Waals surface area contributed by atoms with Crippen LogP contribution in [0.1, 0.15) is 54.8 Å². The standard InChI is InChI=1S/C25H26N2O4/c28-25(29)24-27(31-24)15-19-11-13-21(14-22(19)17-6-2-1-3-7-17)30-16-20-12-10-18-8-4-5-9-23(18)26-20/h4-5,8-14,17,24H,1-3,6-7,15-16H2,(H,28,29). The molecule has 1 saturated heterocycles. The number of nitrogens with zero attached hydrogens (tertiary/aromatic N) is 2. The Morgan fingerprint density at radius 2 is 1.94 bits per heavy atom. The van der Waals surface area contributed by atoms with Gasteiger partial charge in [0, 0.05) is 5.39 Å². The van der Waals surface area contributed by atoms with Crippen molar-refractivity contribution >= 4 is 16.9 Å². The molecule has 6 nitrogen and oxygen atoms in total. The summed E-state index contributed by atoms with van der Waals surface area (Å²) in [6.07, 6.45) is 5.24. The van der Waals surface area contributed by atoms with Gasteiger partial charge in [-0.25, -0.2) is 9.78 Å². The first-order chi connectivity index (χ1) is 15.2. The summed E-state index contributed by atoms with van der Waals surface area (Å²) in [5.41, 5.74) is 4.23. The van der Waals surface area contributed by atoms with E-state index in [0.717, 1.165) is 40.8 Å². The zero-order chi connectivity index (χ0) is 21.2. The summed E-state index contributed by atoms with van der Waals surface area (Å²) in [4.78, 5) is 21.0. The smallest absolute Gasteiger partial charge is 0.352 e. The second kappa shape index (κ2) is 8.65. The monoisotopic (exact) mass is 418 g/mol. The summed E-state index contributed by atoms with van der Waals surface area (Å²) in [6.45, 7) is 0.889. The third kappa shape index (κ3) is 4.55. The lowest BCUT2D eigenvalue weighted by molar-refractivity contribution is -0.138. The third-order valence-electron chi connectivity index (χ3n) is 6.19. The molecule has 0 radical (unpaired) electrons. The summed E-state index contributed by atoms with van der Waals surface area (Å²) >= 11 is 0. The number of aromatic nitrogens is 1. The lowest BCUT2D eigenvalue weighted by atomic mass is 9.82. The first kappa shape index (κ1) is 20.0. The van der Waals surface area contributed by atoms with Crippen LogP contribution >= 0.6 is 0 Å². The van der Waals surface area contributed by atoms with Crippen molar-refractivity contribution in [1.29, 1.82) is 0 Å². The number of carboxylic acid groups (broad SMARTS) is 1. The van der Waals surface area contributed by atoms with E-state index in [1.165, 1.54) is 29.9 Å². The molecular weight excluding hydrogens is 392 g/mol. The molecule has 31 heavy (non-hydrogen) atoms. The van der Waals surface area contributed by atoms with Crippen molar-refractivity contribution in [1.82, 2.24) is 10.0 Å². The average molecular weight is 418 g/mol. The van der Waals surface area contributed by atoms with Crippen molar-refractivity contribution in [2.45, 2.75) is 57.4 Å². The molecule has 1 aliphatic heterocycles. The third-order valence-corrected chi connectivity index (χ3v) is 6.19. The van der Waals surface area contributed by atoms with E-state index in [1.54, 1.807) is 0 Å². The molecule has 1 saturated carbocycles. The van der Waals surface area contributed by atoms with Crippen LogP contribution in [0, 0.1) is 0 Å². The lowest BCUT2D eigenvalue weighted by Crippen LogP contribution is -2.14. The number of carboxylic acids is 1. The van der Waals surface area contributed by atoms with Crippen LogP contribution in [0.25, 0.3) is 10.9 Å². The van der Waals surface area contributed by atoms with E-state index in [4.69, 9.17) is 14.7 Å². The highest BCUT2D eigenvalue weighted by atomic mass is 16.8. The maximum absolute atomic E-state index is 11.1. The van der Waals surface area contributed by atoms with Gasteiger partial charge in [-0.1, -0.05) is 49.6 Å². The van der Waals surface area contributed by atoms with Gasteiger partial charge in [-0.2, -0.15) is 0 Å². The number of hydrogen-bond donors (Lipinski definition) is 1. The van der Waals surface area contributed by atoms with Crippen LogP contribution in [-0.4, -0.2) is 27.4 Å². The predicted molar refractivity (Wildman–Crippen MR) is 116 cm³/mol. The molecule has 1 N–H and O–H groups in total. The van der Waals surface area contributed by atoms with Gasteiger partial charge < -0.3 is 9.84 Å². The molecule has 5 rings (SSSR count). The van der Waals surface area contributed by atoms with Crippen LogP contribution in [-0.2, 0) is 22.8 Å². The Hall–Kier alpha value is -2.96. The molecule has 2 fully saturated rings. The fraction of sp³-hybridized carbons (Fsp3) is 0.360. The summed E-state index contributed by atoms with van der Waals surface area (Å²) in [5.74, 6) is 0.358. The Morgan fingerprint density at radius 1 is 1.10 bits per heavy atom. The number of rotatable bonds is 7. The molecule has 2 heterocycles. The zero-order valence-electron chi connectivity index (χ0n) is 17.4. The maximum Gasteiger partial charge on any atom is 0.352 e. The Morgan fingerprint density at radius 3 is 2.74 bits per heavy atom. The molecule has 6 heteroatoms. The van der Waals surface area contributed by atoms with Gasteiger partial charge >= 0.3 is 5.97 Å². The maximum atomic E-state index is 11.1. The van der Waals surface area contributed by atoms with E-state index < -0.39 is 12.2 Å². The van der Waals surface area contributed by atoms with Crippen LogP contribution in [0.3, 0.4) is 0 Å². The molecule has 0 bridgehead atoms. The number of para-hydroxylation sites is 1. The zero-order valence-corrected chi connectivity index (χ0v) is 17.4. The number of hydrogen-bond acceptors (Lipinski definition) is 5. The first-order valence-corrected chi connectivity index (χ1v) is 10.9. The molecule has 0 amide bonds. The van der Waals surface area contributed by atoms with Crippen molar-refractivity contribution in [3.05, 3.63) is 71.4 Å². The van der Waals surface area contributed by atoms with E-state index in [0.29, 0.717) is 19.1 Å². The second-order valence-corrected chi connectivity index (χ2v) is 8.35. The van der Waals surface area contributed by atoms with Crippen molar-refractivity contribution < 1.29 is 19.5 Å². The van der Waals surface area contributed by atoms with Gasteiger partial charge in [0.2, 0.25) is 0 Å². The van der Waals surface area contributed by atoms with E-state index in [-0.39, 0.29) is 0 Å². The molecular formula is C25H26N2O4. The van der Waals surface area contributed by atoms with E-state index in [9.17, 15) is 4.79 Å². The van der Waals surface area contributed by atoms with Gasteiger partial charge in [-0.05, 0) is 54.2 Å². The summed E-state index contributed by atoms with van der Waals surface area (Å²) in [7, 11) is 0. The highest BCUT2D eigenvalue weighted by Crippen LogP contribution is 2.38. The molecule has 3 aromatic rings. The van der Waals surface area contributed by atoms with Crippen LogP contribution < -0.4 is 4.74 Å². The highest BCUT2D eigenvalue weighted by Gasteiger charge is 2.43. The number of fused-ring (bicyclic) bond motifs is 1. The number of ether oxygens (including phenoxy) is 1. The number of benzene rings is 2. The Bertz CT molecular complexity index is 1090.